The van der Waals surface area contributed by atoms with Crippen LogP contribution in [-0.4, -0.2) is 31.9 Å². The Kier molecular flexibility index (Phi) is 5.49. The fraction of sp³-hybridized carbons (Fsp3) is 0.462. The zero-order valence-corrected chi connectivity index (χ0v) is 10.2. The molecule has 1 aromatic carbocycles. The summed E-state index contributed by atoms with van der Waals surface area (Å²) in [5, 5.41) is 9.10. The molecule has 0 spiro atoms. The summed E-state index contributed by atoms with van der Waals surface area (Å²) in [5.41, 5.74) is 0.966. The first-order valence-electron chi connectivity index (χ1n) is 5.52. The number of carbonyl (C=O) groups is 1. The van der Waals surface area contributed by atoms with E-state index in [4.69, 9.17) is 14.6 Å². The molecule has 1 N–H and O–H groups in total. The summed E-state index contributed by atoms with van der Waals surface area (Å²) in [5.74, 6) is -0.453. The number of carboxylic acid groups (broad SMARTS) is 1. The van der Waals surface area contributed by atoms with Gasteiger partial charge in [-0.25, -0.2) is 0 Å². The molecule has 1 unspecified atom stereocenters. The average Bonchev–Trinajstić information content (AvgIpc) is 2.34. The molecule has 4 nitrogen and oxygen atoms in total. The molecule has 94 valence electrons. The molecular weight excluding hydrogens is 220 g/mol. The number of carboxylic acids is 1. The van der Waals surface area contributed by atoms with Crippen molar-refractivity contribution in [2.75, 3.05) is 20.8 Å². The van der Waals surface area contributed by atoms with Gasteiger partial charge in [-0.3, -0.25) is 4.79 Å². The normalized spacial score (nSPS) is 12.1. The van der Waals surface area contributed by atoms with Crippen molar-refractivity contribution in [2.45, 2.75) is 12.8 Å². The summed E-state index contributed by atoms with van der Waals surface area (Å²) < 4.78 is 10.0. The van der Waals surface area contributed by atoms with Crippen LogP contribution in [0.2, 0.25) is 0 Å². The summed E-state index contributed by atoms with van der Waals surface area (Å²) in [6, 6.07) is 7.48. The lowest BCUT2D eigenvalue weighted by atomic mass is 9.96. The molecule has 0 saturated carbocycles. The van der Waals surface area contributed by atoms with Gasteiger partial charge in [0.1, 0.15) is 5.75 Å². The molecule has 0 aliphatic carbocycles. The lowest BCUT2D eigenvalue weighted by Gasteiger charge is -2.12. The lowest BCUT2D eigenvalue weighted by molar-refractivity contribution is -0.142. The monoisotopic (exact) mass is 238 g/mol. The highest BCUT2D eigenvalue weighted by atomic mass is 16.5. The summed E-state index contributed by atoms with van der Waals surface area (Å²) >= 11 is 0. The van der Waals surface area contributed by atoms with Gasteiger partial charge in [0, 0.05) is 13.7 Å². The van der Waals surface area contributed by atoms with Gasteiger partial charge in [-0.05, 0) is 30.5 Å². The topological polar surface area (TPSA) is 55.8 Å². The second kappa shape index (κ2) is 6.91. The van der Waals surface area contributed by atoms with Crippen LogP contribution in [-0.2, 0) is 16.0 Å². The highest BCUT2D eigenvalue weighted by molar-refractivity contribution is 5.70. The van der Waals surface area contributed by atoms with Crippen molar-refractivity contribution < 1.29 is 19.4 Å². The maximum absolute atomic E-state index is 11.1. The van der Waals surface area contributed by atoms with E-state index in [-0.39, 0.29) is 0 Å². The Morgan fingerprint density at radius 2 is 2.18 bits per heavy atom. The van der Waals surface area contributed by atoms with Gasteiger partial charge in [0.25, 0.3) is 0 Å². The number of hydrogen-bond acceptors (Lipinski definition) is 3. The number of methoxy groups -OCH3 is 2. The van der Waals surface area contributed by atoms with Crippen molar-refractivity contribution in [3.8, 4) is 5.75 Å². The minimum Gasteiger partial charge on any atom is -0.497 e. The Morgan fingerprint density at radius 3 is 2.76 bits per heavy atom. The maximum Gasteiger partial charge on any atom is 0.306 e. The fourth-order valence-electron chi connectivity index (χ4n) is 1.66. The van der Waals surface area contributed by atoms with E-state index < -0.39 is 11.9 Å². The van der Waals surface area contributed by atoms with Crippen molar-refractivity contribution in [3.63, 3.8) is 0 Å². The van der Waals surface area contributed by atoms with Crippen LogP contribution in [0.5, 0.6) is 5.75 Å². The van der Waals surface area contributed by atoms with E-state index >= 15 is 0 Å². The molecule has 0 radical (unpaired) electrons. The second-order valence-electron chi connectivity index (χ2n) is 3.87. The zero-order chi connectivity index (χ0) is 12.7. The third-order valence-corrected chi connectivity index (χ3v) is 2.64. The largest absolute Gasteiger partial charge is 0.497 e. The molecule has 1 atom stereocenters. The van der Waals surface area contributed by atoms with Crippen LogP contribution < -0.4 is 4.74 Å². The predicted molar refractivity (Wildman–Crippen MR) is 64.3 cm³/mol. The average molecular weight is 238 g/mol. The van der Waals surface area contributed by atoms with Gasteiger partial charge in [-0.1, -0.05) is 12.1 Å². The summed E-state index contributed by atoms with van der Waals surface area (Å²) in [6.07, 6.45) is 1.01. The first-order valence-corrected chi connectivity index (χ1v) is 5.52. The molecule has 0 bridgehead atoms. The van der Waals surface area contributed by atoms with Gasteiger partial charge in [0.2, 0.25) is 0 Å². The highest BCUT2D eigenvalue weighted by Gasteiger charge is 2.17. The minimum absolute atomic E-state index is 0.415. The van der Waals surface area contributed by atoms with Crippen LogP contribution in [0.3, 0.4) is 0 Å². The van der Waals surface area contributed by atoms with Crippen molar-refractivity contribution in [3.05, 3.63) is 29.8 Å². The molecule has 17 heavy (non-hydrogen) atoms. The molecule has 1 aromatic rings. The van der Waals surface area contributed by atoms with Crippen LogP contribution in [0.15, 0.2) is 24.3 Å². The van der Waals surface area contributed by atoms with E-state index in [1.54, 1.807) is 14.2 Å². The Labute approximate surface area is 101 Å². The Hall–Kier alpha value is -1.55. The van der Waals surface area contributed by atoms with E-state index in [9.17, 15) is 4.79 Å². The third kappa shape index (κ3) is 4.44. The molecular formula is C13H18O4. The van der Waals surface area contributed by atoms with E-state index in [2.05, 4.69) is 0 Å². The number of hydrogen-bond donors (Lipinski definition) is 1. The number of rotatable bonds is 7. The molecule has 0 aliphatic rings. The molecule has 0 fully saturated rings. The molecule has 1 rings (SSSR count). The Morgan fingerprint density at radius 1 is 1.41 bits per heavy atom. The number of aliphatic carboxylic acids is 1. The summed E-state index contributed by atoms with van der Waals surface area (Å²) in [7, 11) is 3.17. The van der Waals surface area contributed by atoms with Crippen LogP contribution in [0, 0.1) is 5.92 Å². The number of ether oxygens (including phenoxy) is 2. The first-order chi connectivity index (χ1) is 8.17. The van der Waals surface area contributed by atoms with E-state index in [0.29, 0.717) is 19.4 Å². The van der Waals surface area contributed by atoms with Crippen LogP contribution in [0.4, 0.5) is 0 Å². The van der Waals surface area contributed by atoms with E-state index in [1.165, 1.54) is 0 Å². The van der Waals surface area contributed by atoms with Crippen molar-refractivity contribution in [1.82, 2.24) is 0 Å². The first kappa shape index (κ1) is 13.5. The van der Waals surface area contributed by atoms with E-state index in [1.807, 2.05) is 24.3 Å². The van der Waals surface area contributed by atoms with Gasteiger partial charge < -0.3 is 14.6 Å². The van der Waals surface area contributed by atoms with Gasteiger partial charge in [0.15, 0.2) is 0 Å². The number of benzene rings is 1. The Balaban J connectivity index is 2.67. The SMILES string of the molecule is COCCC(Cc1cccc(OC)c1)C(=O)O. The van der Waals surface area contributed by atoms with Crippen LogP contribution in [0.1, 0.15) is 12.0 Å². The fourth-order valence-corrected chi connectivity index (χ4v) is 1.66. The second-order valence-corrected chi connectivity index (χ2v) is 3.87. The smallest absolute Gasteiger partial charge is 0.306 e. The van der Waals surface area contributed by atoms with Gasteiger partial charge >= 0.3 is 5.97 Å². The van der Waals surface area contributed by atoms with Crippen molar-refractivity contribution >= 4 is 5.97 Å². The maximum atomic E-state index is 11.1. The molecule has 0 amide bonds. The standard InChI is InChI=1S/C13H18O4/c1-16-7-6-11(13(14)15)8-10-4-3-5-12(9-10)17-2/h3-5,9,11H,6-8H2,1-2H3,(H,14,15). The van der Waals surface area contributed by atoms with Gasteiger partial charge in [-0.2, -0.15) is 0 Å². The molecule has 0 aliphatic heterocycles. The summed E-state index contributed by atoms with van der Waals surface area (Å²) in [6.45, 7) is 0.459. The predicted octanol–water partition coefficient (Wildman–Crippen LogP) is 1.98. The van der Waals surface area contributed by atoms with Crippen molar-refractivity contribution in [1.29, 1.82) is 0 Å². The van der Waals surface area contributed by atoms with E-state index in [0.717, 1.165) is 11.3 Å². The van der Waals surface area contributed by atoms with Gasteiger partial charge in [-0.15, -0.1) is 0 Å². The quantitative estimate of drug-likeness (QED) is 0.789. The molecule has 0 saturated heterocycles. The van der Waals surface area contributed by atoms with Crippen LogP contribution >= 0.6 is 0 Å². The lowest BCUT2D eigenvalue weighted by Crippen LogP contribution is -2.18. The molecule has 0 aromatic heterocycles. The summed E-state index contributed by atoms with van der Waals surface area (Å²) in [4.78, 5) is 11.1. The molecule has 0 heterocycles. The van der Waals surface area contributed by atoms with Crippen molar-refractivity contribution in [2.24, 2.45) is 5.92 Å². The van der Waals surface area contributed by atoms with Crippen LogP contribution in [0.25, 0.3) is 0 Å². The zero-order valence-electron chi connectivity index (χ0n) is 10.2. The minimum atomic E-state index is -0.787. The highest BCUT2D eigenvalue weighted by Crippen LogP contribution is 2.18. The molecule has 4 heteroatoms. The van der Waals surface area contributed by atoms with Gasteiger partial charge in [0.05, 0.1) is 13.0 Å². The Bertz CT molecular complexity index is 362. The third-order valence-electron chi connectivity index (χ3n) is 2.64.